The number of nitrogens with one attached hydrogen (secondary N) is 1. The lowest BCUT2D eigenvalue weighted by Crippen LogP contribution is -2.16. The van der Waals surface area contributed by atoms with Crippen LogP contribution >= 0.6 is 0 Å². The third-order valence-electron chi connectivity index (χ3n) is 4.43. The molecule has 0 saturated carbocycles. The lowest BCUT2D eigenvalue weighted by Gasteiger charge is -2.08. The van der Waals surface area contributed by atoms with Crippen molar-refractivity contribution in [1.29, 1.82) is 0 Å². The number of carbonyl (C=O) groups excluding carboxylic acids is 2. The normalized spacial score (nSPS) is 12.1. The van der Waals surface area contributed by atoms with Gasteiger partial charge in [-0.3, -0.25) is 9.00 Å². The molecule has 0 spiro atoms. The molecule has 0 radical (unpaired) electrons. The number of ether oxygens (including phenoxy) is 1. The summed E-state index contributed by atoms with van der Waals surface area (Å²) in [4.78, 5) is 28.5. The second kappa shape index (κ2) is 8.31. The van der Waals surface area contributed by atoms with Gasteiger partial charge in [-0.25, -0.2) is 4.79 Å². The fourth-order valence-corrected chi connectivity index (χ4v) is 3.96. The van der Waals surface area contributed by atoms with E-state index in [4.69, 9.17) is 4.74 Å². The summed E-state index contributed by atoms with van der Waals surface area (Å²) < 4.78 is 17.3. The molecular formula is C21H21NO4S. The molecule has 3 aromatic rings. The van der Waals surface area contributed by atoms with Crippen LogP contribution < -0.4 is 0 Å². The molecule has 140 valence electrons. The molecule has 1 heterocycles. The number of aromatic nitrogens is 1. The molecule has 0 unspecified atom stereocenters. The largest absolute Gasteiger partial charge is 0.454 e. The quantitative estimate of drug-likeness (QED) is 0.496. The smallest absolute Gasteiger partial charge is 0.339 e. The summed E-state index contributed by atoms with van der Waals surface area (Å²) in [5, 5.41) is 0.822. The minimum Gasteiger partial charge on any atom is -0.454 e. The molecule has 0 bridgehead atoms. The monoisotopic (exact) mass is 383 g/mol. The number of carbonyl (C=O) groups is 2. The van der Waals surface area contributed by atoms with Gasteiger partial charge in [-0.1, -0.05) is 44.2 Å². The van der Waals surface area contributed by atoms with Crippen molar-refractivity contribution in [2.45, 2.75) is 25.2 Å². The molecule has 0 aliphatic carbocycles. The Morgan fingerprint density at radius 2 is 1.81 bits per heavy atom. The number of H-pyrrole nitrogens is 1. The average molecular weight is 383 g/mol. The van der Waals surface area contributed by atoms with Gasteiger partial charge in [0, 0.05) is 28.4 Å². The molecule has 6 heteroatoms. The number of aryl methyl sites for hydroxylation is 1. The van der Waals surface area contributed by atoms with Crippen LogP contribution in [0.1, 0.15) is 40.1 Å². The van der Waals surface area contributed by atoms with E-state index in [1.807, 2.05) is 18.2 Å². The van der Waals surface area contributed by atoms with Crippen molar-refractivity contribution in [1.82, 2.24) is 4.98 Å². The van der Waals surface area contributed by atoms with Crippen LogP contribution in [0, 0.1) is 0 Å². The zero-order chi connectivity index (χ0) is 19.4. The van der Waals surface area contributed by atoms with Crippen molar-refractivity contribution in [2.24, 2.45) is 0 Å². The van der Waals surface area contributed by atoms with Crippen LogP contribution in [0.2, 0.25) is 0 Å². The first-order valence-corrected chi connectivity index (χ1v) is 10.1. The van der Waals surface area contributed by atoms with Crippen molar-refractivity contribution in [3.63, 3.8) is 0 Å². The Labute approximate surface area is 160 Å². The Bertz CT molecular complexity index is 1020. The molecule has 0 fully saturated rings. The maximum atomic E-state index is 12.6. The first-order chi connectivity index (χ1) is 13.1. The highest BCUT2D eigenvalue weighted by Crippen LogP contribution is 2.23. The average Bonchev–Trinajstić information content (AvgIpc) is 3.15. The van der Waals surface area contributed by atoms with E-state index in [0.29, 0.717) is 16.2 Å². The Hall–Kier alpha value is -2.73. The van der Waals surface area contributed by atoms with Gasteiger partial charge in [-0.2, -0.15) is 0 Å². The van der Waals surface area contributed by atoms with Crippen molar-refractivity contribution < 1.29 is 18.5 Å². The number of rotatable bonds is 7. The number of ketones is 1. The molecule has 1 aromatic heterocycles. The first-order valence-electron chi connectivity index (χ1n) is 8.83. The highest BCUT2D eigenvalue weighted by atomic mass is 32.2. The third kappa shape index (κ3) is 3.85. The van der Waals surface area contributed by atoms with E-state index < -0.39 is 16.8 Å². The third-order valence-corrected chi connectivity index (χ3v) is 5.80. The number of hydrogen-bond donors (Lipinski definition) is 1. The predicted molar refractivity (Wildman–Crippen MR) is 106 cm³/mol. The van der Waals surface area contributed by atoms with E-state index in [2.05, 4.69) is 11.9 Å². The summed E-state index contributed by atoms with van der Waals surface area (Å²) in [7, 11) is -1.28. The van der Waals surface area contributed by atoms with Crippen LogP contribution in [0.3, 0.4) is 0 Å². The number of esters is 1. The van der Waals surface area contributed by atoms with Gasteiger partial charge in [0.2, 0.25) is 5.78 Å². The Kier molecular flexibility index (Phi) is 5.86. The van der Waals surface area contributed by atoms with Crippen LogP contribution in [0.4, 0.5) is 0 Å². The SMILES string of the molecule is CCc1cccc2c(C(=O)COC(=O)c3ccccc3[S@](=O)CC)c[nH]c12. The number of fused-ring (bicyclic) bond motifs is 1. The van der Waals surface area contributed by atoms with Crippen LogP contribution in [0.5, 0.6) is 0 Å². The zero-order valence-electron chi connectivity index (χ0n) is 15.3. The Morgan fingerprint density at radius 1 is 1.04 bits per heavy atom. The summed E-state index contributed by atoms with van der Waals surface area (Å²) in [6, 6.07) is 12.4. The maximum absolute atomic E-state index is 12.6. The van der Waals surface area contributed by atoms with E-state index in [-0.39, 0.29) is 18.0 Å². The number of aromatic amines is 1. The van der Waals surface area contributed by atoms with Crippen molar-refractivity contribution >= 4 is 33.5 Å². The minimum absolute atomic E-state index is 0.234. The van der Waals surface area contributed by atoms with Crippen molar-refractivity contribution in [2.75, 3.05) is 12.4 Å². The van der Waals surface area contributed by atoms with Crippen LogP contribution in [-0.4, -0.2) is 33.3 Å². The maximum Gasteiger partial charge on any atom is 0.339 e. The fraction of sp³-hybridized carbons (Fsp3) is 0.238. The van der Waals surface area contributed by atoms with Gasteiger partial charge in [-0.05, 0) is 24.1 Å². The van der Waals surface area contributed by atoms with E-state index in [1.165, 1.54) is 0 Å². The fourth-order valence-electron chi connectivity index (χ4n) is 3.02. The van der Waals surface area contributed by atoms with E-state index in [1.54, 1.807) is 37.4 Å². The molecule has 0 saturated heterocycles. The number of benzene rings is 2. The van der Waals surface area contributed by atoms with Gasteiger partial charge in [-0.15, -0.1) is 0 Å². The summed E-state index contributed by atoms with van der Waals surface area (Å²) in [5.41, 5.74) is 2.79. The summed E-state index contributed by atoms with van der Waals surface area (Å²) in [6.07, 6.45) is 2.51. The second-order valence-electron chi connectivity index (χ2n) is 6.03. The molecule has 0 aliphatic heterocycles. The lowest BCUT2D eigenvalue weighted by molar-refractivity contribution is 0.0471. The first kappa shape index (κ1) is 19.0. The summed E-state index contributed by atoms with van der Waals surface area (Å²) in [5.74, 6) is -0.523. The van der Waals surface area contributed by atoms with Crippen molar-refractivity contribution in [3.8, 4) is 0 Å². The van der Waals surface area contributed by atoms with E-state index >= 15 is 0 Å². The van der Waals surface area contributed by atoms with E-state index in [9.17, 15) is 13.8 Å². The van der Waals surface area contributed by atoms with Crippen LogP contribution in [-0.2, 0) is 22.0 Å². The molecule has 27 heavy (non-hydrogen) atoms. The standard InChI is InChI=1S/C21H21NO4S/c1-3-14-8-7-10-15-17(12-22-20(14)15)18(23)13-26-21(24)16-9-5-6-11-19(16)27(25)4-2/h5-12,22H,3-4,13H2,1-2H3/t27-/m1/s1. The molecule has 2 aromatic carbocycles. The molecule has 1 N–H and O–H groups in total. The summed E-state index contributed by atoms with van der Waals surface area (Å²) >= 11 is 0. The van der Waals surface area contributed by atoms with Crippen LogP contribution in [0.15, 0.2) is 53.6 Å². The van der Waals surface area contributed by atoms with Gasteiger partial charge in [0.05, 0.1) is 21.3 Å². The van der Waals surface area contributed by atoms with Crippen LogP contribution in [0.25, 0.3) is 10.9 Å². The van der Waals surface area contributed by atoms with Gasteiger partial charge < -0.3 is 9.72 Å². The van der Waals surface area contributed by atoms with Gasteiger partial charge in [0.1, 0.15) is 0 Å². The molecule has 5 nitrogen and oxygen atoms in total. The van der Waals surface area contributed by atoms with Gasteiger partial charge in [0.15, 0.2) is 6.61 Å². The highest BCUT2D eigenvalue weighted by molar-refractivity contribution is 7.85. The molecule has 0 aliphatic rings. The molecule has 1 atom stereocenters. The number of Topliss-reactive ketones (excluding diaryl/α,β-unsaturated/α-hetero) is 1. The molecular weight excluding hydrogens is 362 g/mol. The molecule has 3 rings (SSSR count). The number of para-hydroxylation sites is 1. The lowest BCUT2D eigenvalue weighted by atomic mass is 10.1. The predicted octanol–water partition coefficient (Wildman–Crippen LogP) is 3.90. The van der Waals surface area contributed by atoms with Gasteiger partial charge in [0.25, 0.3) is 0 Å². The Morgan fingerprint density at radius 3 is 2.56 bits per heavy atom. The topological polar surface area (TPSA) is 76.2 Å². The van der Waals surface area contributed by atoms with Crippen molar-refractivity contribution in [3.05, 3.63) is 65.4 Å². The van der Waals surface area contributed by atoms with E-state index in [0.717, 1.165) is 22.9 Å². The Balaban J connectivity index is 1.77. The van der Waals surface area contributed by atoms with Gasteiger partial charge >= 0.3 is 5.97 Å². The zero-order valence-corrected chi connectivity index (χ0v) is 16.1. The molecule has 0 amide bonds. The second-order valence-corrected chi connectivity index (χ2v) is 7.73. The highest BCUT2D eigenvalue weighted by Gasteiger charge is 2.19. The minimum atomic E-state index is -1.28. The summed E-state index contributed by atoms with van der Waals surface area (Å²) in [6.45, 7) is 3.47. The number of hydrogen-bond acceptors (Lipinski definition) is 4.